The van der Waals surface area contributed by atoms with Crippen LogP contribution in [0.1, 0.15) is 20.3 Å². The molecule has 0 aliphatic carbocycles. The van der Waals surface area contributed by atoms with Crippen LogP contribution in [0, 0.1) is 0 Å². The predicted octanol–water partition coefficient (Wildman–Crippen LogP) is 1.60. The van der Waals surface area contributed by atoms with Crippen molar-refractivity contribution in [3.05, 3.63) is 18.2 Å². The monoisotopic (exact) mass is 251 g/mol. The van der Waals surface area contributed by atoms with Gasteiger partial charge in [0.05, 0.1) is 18.5 Å². The van der Waals surface area contributed by atoms with E-state index >= 15 is 0 Å². The lowest BCUT2D eigenvalue weighted by Crippen LogP contribution is -2.31. The molecule has 0 radical (unpaired) electrons. The second-order valence-electron chi connectivity index (χ2n) is 4.35. The number of carbonyl (C=O) groups excluding carboxylic acids is 1. The molecule has 1 aromatic rings. The number of anilines is 2. The fourth-order valence-electron chi connectivity index (χ4n) is 1.52. The molecule has 5 nitrogen and oxygen atoms in total. The first kappa shape index (κ1) is 14.2. The molecular formula is C13H21N3O2. The Kier molecular flexibility index (Phi) is 5.30. The van der Waals surface area contributed by atoms with Crippen LogP contribution in [0.4, 0.5) is 11.4 Å². The van der Waals surface area contributed by atoms with E-state index in [-0.39, 0.29) is 11.9 Å². The van der Waals surface area contributed by atoms with Gasteiger partial charge in [-0.2, -0.15) is 0 Å². The lowest BCUT2D eigenvalue weighted by atomic mass is 10.2. The molecule has 1 amide bonds. The molecule has 1 aromatic carbocycles. The highest BCUT2D eigenvalue weighted by atomic mass is 16.5. The average molecular weight is 251 g/mol. The summed E-state index contributed by atoms with van der Waals surface area (Å²) in [7, 11) is 1.60. The summed E-state index contributed by atoms with van der Waals surface area (Å²) in [5.41, 5.74) is 7.25. The van der Waals surface area contributed by atoms with Gasteiger partial charge in [-0.25, -0.2) is 0 Å². The van der Waals surface area contributed by atoms with Gasteiger partial charge < -0.3 is 21.1 Å². The second-order valence-corrected chi connectivity index (χ2v) is 4.35. The number of benzene rings is 1. The minimum absolute atomic E-state index is 0.0268. The Hall–Kier alpha value is -1.91. The molecule has 0 spiro atoms. The molecule has 1 rings (SSSR count). The van der Waals surface area contributed by atoms with Crippen molar-refractivity contribution in [1.29, 1.82) is 0 Å². The van der Waals surface area contributed by atoms with Gasteiger partial charge in [0.1, 0.15) is 5.75 Å². The molecule has 0 aliphatic heterocycles. The van der Waals surface area contributed by atoms with Crippen LogP contribution in [0.5, 0.6) is 5.75 Å². The summed E-state index contributed by atoms with van der Waals surface area (Å²) in [6.07, 6.45) is 0.412. The zero-order valence-corrected chi connectivity index (χ0v) is 11.1. The Morgan fingerprint density at radius 2 is 2.17 bits per heavy atom. The van der Waals surface area contributed by atoms with E-state index < -0.39 is 0 Å². The quantitative estimate of drug-likeness (QED) is 0.671. The largest absolute Gasteiger partial charge is 0.497 e. The Morgan fingerprint density at radius 3 is 2.78 bits per heavy atom. The number of carbonyl (C=O) groups is 1. The molecule has 100 valence electrons. The molecule has 18 heavy (non-hydrogen) atoms. The molecule has 0 unspecified atom stereocenters. The fraction of sp³-hybridized carbons (Fsp3) is 0.462. The first-order valence-corrected chi connectivity index (χ1v) is 5.99. The summed E-state index contributed by atoms with van der Waals surface area (Å²) in [5, 5.41) is 5.96. The van der Waals surface area contributed by atoms with E-state index in [9.17, 15) is 4.79 Å². The zero-order chi connectivity index (χ0) is 13.5. The third kappa shape index (κ3) is 4.53. The molecule has 4 N–H and O–H groups in total. The highest BCUT2D eigenvalue weighted by Gasteiger charge is 2.04. The van der Waals surface area contributed by atoms with Crippen LogP contribution >= 0.6 is 0 Å². The Bertz CT molecular complexity index is 405. The summed E-state index contributed by atoms with van der Waals surface area (Å²) < 4.78 is 5.12. The van der Waals surface area contributed by atoms with Crippen LogP contribution in [-0.2, 0) is 4.79 Å². The van der Waals surface area contributed by atoms with E-state index in [0.29, 0.717) is 18.7 Å². The van der Waals surface area contributed by atoms with E-state index in [4.69, 9.17) is 10.5 Å². The summed E-state index contributed by atoms with van der Waals surface area (Å²) >= 11 is 0. The van der Waals surface area contributed by atoms with Gasteiger partial charge in [-0.3, -0.25) is 4.79 Å². The third-order valence-electron chi connectivity index (χ3n) is 2.38. The minimum Gasteiger partial charge on any atom is -0.497 e. The SMILES string of the molecule is COc1ccc(N)c(NCCC(=O)NC(C)C)c1. The van der Waals surface area contributed by atoms with Gasteiger partial charge in [-0.1, -0.05) is 0 Å². The number of hydrogen-bond acceptors (Lipinski definition) is 4. The number of nitrogens with one attached hydrogen (secondary N) is 2. The van der Waals surface area contributed by atoms with E-state index in [1.54, 1.807) is 19.2 Å². The van der Waals surface area contributed by atoms with Gasteiger partial charge in [0, 0.05) is 25.1 Å². The molecule has 0 bridgehead atoms. The summed E-state index contributed by atoms with van der Waals surface area (Å²) in [6.45, 7) is 4.41. The van der Waals surface area contributed by atoms with Crippen molar-refractivity contribution < 1.29 is 9.53 Å². The summed E-state index contributed by atoms with van der Waals surface area (Å²) in [5.74, 6) is 0.761. The molecule has 0 atom stereocenters. The van der Waals surface area contributed by atoms with Crippen molar-refractivity contribution in [1.82, 2.24) is 5.32 Å². The predicted molar refractivity (Wildman–Crippen MR) is 73.8 cm³/mol. The highest BCUT2D eigenvalue weighted by Crippen LogP contribution is 2.24. The van der Waals surface area contributed by atoms with Crippen LogP contribution in [0.3, 0.4) is 0 Å². The van der Waals surface area contributed by atoms with Crippen molar-refractivity contribution in [2.24, 2.45) is 0 Å². The first-order chi connectivity index (χ1) is 8.52. The third-order valence-corrected chi connectivity index (χ3v) is 2.38. The molecule has 0 fully saturated rings. The van der Waals surface area contributed by atoms with Crippen molar-refractivity contribution in [3.8, 4) is 5.75 Å². The van der Waals surface area contributed by atoms with Crippen LogP contribution < -0.4 is 21.1 Å². The second kappa shape index (κ2) is 6.74. The average Bonchev–Trinajstić information content (AvgIpc) is 2.30. The van der Waals surface area contributed by atoms with E-state index in [1.165, 1.54) is 0 Å². The standard InChI is InChI=1S/C13H21N3O2/c1-9(2)16-13(17)6-7-15-12-8-10(18-3)4-5-11(12)14/h4-5,8-9,15H,6-7,14H2,1-3H3,(H,16,17). The van der Waals surface area contributed by atoms with Crippen LogP contribution in [-0.4, -0.2) is 25.6 Å². The molecule has 0 saturated heterocycles. The number of hydrogen-bond donors (Lipinski definition) is 3. The minimum atomic E-state index is 0.0268. The maximum absolute atomic E-state index is 11.4. The number of amides is 1. The summed E-state index contributed by atoms with van der Waals surface area (Å²) in [6, 6.07) is 5.55. The smallest absolute Gasteiger partial charge is 0.221 e. The van der Waals surface area contributed by atoms with Crippen molar-refractivity contribution in [2.45, 2.75) is 26.3 Å². The van der Waals surface area contributed by atoms with E-state index in [1.807, 2.05) is 19.9 Å². The van der Waals surface area contributed by atoms with Crippen molar-refractivity contribution in [2.75, 3.05) is 24.7 Å². The van der Waals surface area contributed by atoms with Crippen LogP contribution in [0.25, 0.3) is 0 Å². The number of rotatable bonds is 6. The summed E-state index contributed by atoms with van der Waals surface area (Å²) in [4.78, 5) is 11.4. The fourth-order valence-corrected chi connectivity index (χ4v) is 1.52. The van der Waals surface area contributed by atoms with Gasteiger partial charge >= 0.3 is 0 Å². The molecule has 5 heteroatoms. The lowest BCUT2D eigenvalue weighted by molar-refractivity contribution is -0.121. The first-order valence-electron chi connectivity index (χ1n) is 5.99. The Labute approximate surface area is 108 Å². The van der Waals surface area contributed by atoms with Crippen LogP contribution in [0.15, 0.2) is 18.2 Å². The van der Waals surface area contributed by atoms with Gasteiger partial charge in [0.15, 0.2) is 0 Å². The number of nitrogen functional groups attached to an aromatic ring is 1. The molecule has 0 aliphatic rings. The van der Waals surface area contributed by atoms with Crippen LogP contribution in [0.2, 0.25) is 0 Å². The topological polar surface area (TPSA) is 76.4 Å². The van der Waals surface area contributed by atoms with E-state index in [2.05, 4.69) is 10.6 Å². The Balaban J connectivity index is 2.46. The van der Waals surface area contributed by atoms with Gasteiger partial charge in [-0.15, -0.1) is 0 Å². The molecule has 0 saturated carbocycles. The van der Waals surface area contributed by atoms with Crippen molar-refractivity contribution >= 4 is 17.3 Å². The molecular weight excluding hydrogens is 230 g/mol. The highest BCUT2D eigenvalue weighted by molar-refractivity contribution is 5.77. The normalized spacial score (nSPS) is 10.2. The van der Waals surface area contributed by atoms with Gasteiger partial charge in [0.25, 0.3) is 0 Å². The lowest BCUT2D eigenvalue weighted by Gasteiger charge is -2.12. The molecule has 0 heterocycles. The molecule has 0 aromatic heterocycles. The maximum atomic E-state index is 11.4. The van der Waals surface area contributed by atoms with Crippen molar-refractivity contribution in [3.63, 3.8) is 0 Å². The maximum Gasteiger partial charge on any atom is 0.221 e. The number of methoxy groups -OCH3 is 1. The van der Waals surface area contributed by atoms with E-state index in [0.717, 1.165) is 11.4 Å². The zero-order valence-electron chi connectivity index (χ0n) is 11.1. The number of ether oxygens (including phenoxy) is 1. The van der Waals surface area contributed by atoms with Gasteiger partial charge in [-0.05, 0) is 26.0 Å². The Morgan fingerprint density at radius 1 is 1.44 bits per heavy atom. The number of nitrogens with two attached hydrogens (primary N) is 1. The van der Waals surface area contributed by atoms with Gasteiger partial charge in [0.2, 0.25) is 5.91 Å².